The molecular formula is C29H28N4O2. The molecule has 1 aliphatic rings. The van der Waals surface area contributed by atoms with E-state index in [1.807, 2.05) is 18.2 Å². The molecular weight excluding hydrogens is 436 g/mol. The normalized spacial score (nSPS) is 14.7. The van der Waals surface area contributed by atoms with E-state index in [1.54, 1.807) is 6.08 Å². The zero-order valence-corrected chi connectivity index (χ0v) is 19.4. The van der Waals surface area contributed by atoms with Crippen LogP contribution in [0, 0.1) is 5.92 Å². The summed E-state index contributed by atoms with van der Waals surface area (Å²) in [5, 5.41) is 22.7. The van der Waals surface area contributed by atoms with Crippen molar-refractivity contribution in [1.29, 1.82) is 0 Å². The summed E-state index contributed by atoms with van der Waals surface area (Å²) in [5.41, 5.74) is 8.69. The zero-order valence-electron chi connectivity index (χ0n) is 19.4. The molecule has 3 aromatic carbocycles. The number of amides is 1. The summed E-state index contributed by atoms with van der Waals surface area (Å²) in [6.07, 6.45) is 6.89. The Morgan fingerprint density at radius 1 is 0.943 bits per heavy atom. The molecule has 1 aromatic heterocycles. The SMILES string of the molecule is O=C(C=Cc1ccc(C(=C(c2ccccc2)C2CCC2)c2ccc3n[nH]nc3c2)cc1)NCCO. The molecule has 0 spiro atoms. The van der Waals surface area contributed by atoms with Crippen molar-refractivity contribution in [3.63, 3.8) is 0 Å². The van der Waals surface area contributed by atoms with Crippen LogP contribution in [0.1, 0.15) is 41.5 Å². The van der Waals surface area contributed by atoms with Crippen LogP contribution in [0.5, 0.6) is 0 Å². The number of nitrogens with zero attached hydrogens (tertiary/aromatic N) is 2. The van der Waals surface area contributed by atoms with Gasteiger partial charge in [0.2, 0.25) is 5.91 Å². The van der Waals surface area contributed by atoms with E-state index in [0.717, 1.165) is 27.7 Å². The Morgan fingerprint density at radius 3 is 2.40 bits per heavy atom. The Kier molecular flexibility index (Phi) is 6.82. The Bertz CT molecular complexity index is 1370. The summed E-state index contributed by atoms with van der Waals surface area (Å²) < 4.78 is 0. The Hall–Kier alpha value is -4.03. The van der Waals surface area contributed by atoms with Gasteiger partial charge >= 0.3 is 0 Å². The molecule has 35 heavy (non-hydrogen) atoms. The van der Waals surface area contributed by atoms with Gasteiger partial charge in [0.1, 0.15) is 11.0 Å². The topological polar surface area (TPSA) is 90.9 Å². The first-order chi connectivity index (χ1) is 17.2. The van der Waals surface area contributed by atoms with Crippen LogP contribution in [-0.2, 0) is 4.79 Å². The second kappa shape index (κ2) is 10.5. The molecule has 1 fully saturated rings. The number of benzene rings is 3. The number of rotatable bonds is 8. The molecule has 0 saturated heterocycles. The van der Waals surface area contributed by atoms with E-state index >= 15 is 0 Å². The van der Waals surface area contributed by atoms with E-state index in [4.69, 9.17) is 5.11 Å². The number of allylic oxidation sites excluding steroid dienone is 1. The van der Waals surface area contributed by atoms with E-state index < -0.39 is 0 Å². The lowest BCUT2D eigenvalue weighted by Gasteiger charge is -2.31. The van der Waals surface area contributed by atoms with Gasteiger partial charge < -0.3 is 10.4 Å². The molecule has 0 radical (unpaired) electrons. The third-order valence-electron chi connectivity index (χ3n) is 6.51. The number of aromatic amines is 1. The number of H-pyrrole nitrogens is 1. The first-order valence-electron chi connectivity index (χ1n) is 12.0. The molecule has 0 aliphatic heterocycles. The molecule has 1 amide bonds. The van der Waals surface area contributed by atoms with Gasteiger partial charge in [0.15, 0.2) is 0 Å². The van der Waals surface area contributed by atoms with Gasteiger partial charge in [-0.15, -0.1) is 0 Å². The standard InChI is InChI=1S/C29H28N4O2/c34-18-17-30-27(35)16-11-20-9-12-23(13-10-20)29(24-14-15-25-26(19-24)32-33-31-25)28(22-7-4-8-22)21-5-2-1-3-6-21/h1-3,5-6,9-16,19,22,34H,4,7-8,17-18H2,(H,30,35)(H,31,32,33). The highest BCUT2D eigenvalue weighted by Gasteiger charge is 2.27. The van der Waals surface area contributed by atoms with Crippen LogP contribution in [0.2, 0.25) is 0 Å². The molecule has 1 heterocycles. The fraction of sp³-hybridized carbons (Fsp3) is 0.207. The number of nitrogens with one attached hydrogen (secondary N) is 2. The summed E-state index contributed by atoms with van der Waals surface area (Å²) in [6.45, 7) is 0.170. The van der Waals surface area contributed by atoms with E-state index in [2.05, 4.69) is 75.3 Å². The third-order valence-corrected chi connectivity index (χ3v) is 6.51. The predicted octanol–water partition coefficient (Wildman–Crippen LogP) is 4.84. The number of aliphatic hydroxyl groups is 1. The van der Waals surface area contributed by atoms with Crippen LogP contribution in [0.25, 0.3) is 28.3 Å². The predicted molar refractivity (Wildman–Crippen MR) is 139 cm³/mol. The minimum absolute atomic E-state index is 0.0751. The summed E-state index contributed by atoms with van der Waals surface area (Å²) in [6, 6.07) is 25.2. The number of fused-ring (bicyclic) bond motifs is 1. The van der Waals surface area contributed by atoms with Crippen LogP contribution >= 0.6 is 0 Å². The van der Waals surface area contributed by atoms with E-state index in [1.165, 1.54) is 42.0 Å². The van der Waals surface area contributed by atoms with Crippen LogP contribution in [0.4, 0.5) is 0 Å². The average molecular weight is 465 g/mol. The molecule has 6 heteroatoms. The molecule has 6 nitrogen and oxygen atoms in total. The van der Waals surface area contributed by atoms with Crippen molar-refractivity contribution in [3.8, 4) is 0 Å². The Labute approximate surface area is 204 Å². The highest BCUT2D eigenvalue weighted by Crippen LogP contribution is 2.45. The molecule has 1 saturated carbocycles. The maximum atomic E-state index is 11.9. The lowest BCUT2D eigenvalue weighted by Crippen LogP contribution is -2.24. The van der Waals surface area contributed by atoms with E-state index in [9.17, 15) is 4.79 Å². The molecule has 3 N–H and O–H groups in total. The van der Waals surface area contributed by atoms with Crippen molar-refractivity contribution < 1.29 is 9.90 Å². The van der Waals surface area contributed by atoms with Crippen LogP contribution in [0.3, 0.4) is 0 Å². The average Bonchev–Trinajstić information content (AvgIpc) is 3.34. The molecule has 0 atom stereocenters. The van der Waals surface area contributed by atoms with Crippen LogP contribution in [-0.4, -0.2) is 39.6 Å². The summed E-state index contributed by atoms with van der Waals surface area (Å²) >= 11 is 0. The smallest absolute Gasteiger partial charge is 0.244 e. The van der Waals surface area contributed by atoms with E-state index in [-0.39, 0.29) is 19.1 Å². The molecule has 1 aliphatic carbocycles. The van der Waals surface area contributed by atoms with Gasteiger partial charge in [-0.05, 0) is 70.4 Å². The quantitative estimate of drug-likeness (QED) is 0.257. The summed E-state index contributed by atoms with van der Waals surface area (Å²) in [4.78, 5) is 11.9. The Balaban J connectivity index is 1.59. The fourth-order valence-corrected chi connectivity index (χ4v) is 4.54. The molecule has 0 unspecified atom stereocenters. The van der Waals surface area contributed by atoms with Crippen molar-refractivity contribution in [2.24, 2.45) is 5.92 Å². The summed E-state index contributed by atoms with van der Waals surface area (Å²) in [5.74, 6) is 0.288. The number of carbonyl (C=O) groups is 1. The van der Waals surface area contributed by atoms with Gasteiger partial charge in [-0.1, -0.05) is 67.1 Å². The van der Waals surface area contributed by atoms with Crippen molar-refractivity contribution in [3.05, 3.63) is 101 Å². The molecule has 176 valence electrons. The number of hydrogen-bond acceptors (Lipinski definition) is 4. The van der Waals surface area contributed by atoms with Gasteiger partial charge in [0.05, 0.1) is 6.61 Å². The number of hydrogen-bond donors (Lipinski definition) is 3. The fourth-order valence-electron chi connectivity index (χ4n) is 4.54. The summed E-state index contributed by atoms with van der Waals surface area (Å²) in [7, 11) is 0. The lowest BCUT2D eigenvalue weighted by molar-refractivity contribution is -0.116. The van der Waals surface area contributed by atoms with Gasteiger partial charge in [0.25, 0.3) is 0 Å². The van der Waals surface area contributed by atoms with E-state index in [0.29, 0.717) is 5.92 Å². The second-order valence-corrected chi connectivity index (χ2v) is 8.78. The third kappa shape index (κ3) is 5.08. The lowest BCUT2D eigenvalue weighted by atomic mass is 9.73. The van der Waals surface area contributed by atoms with Crippen molar-refractivity contribution in [2.75, 3.05) is 13.2 Å². The van der Waals surface area contributed by atoms with Crippen LogP contribution < -0.4 is 5.32 Å². The molecule has 5 rings (SSSR count). The number of carbonyl (C=O) groups excluding carboxylic acids is 1. The molecule has 0 bridgehead atoms. The zero-order chi connectivity index (χ0) is 24.0. The highest BCUT2D eigenvalue weighted by molar-refractivity contribution is 6.01. The maximum absolute atomic E-state index is 11.9. The van der Waals surface area contributed by atoms with Crippen molar-refractivity contribution in [1.82, 2.24) is 20.7 Å². The number of aliphatic hydroxyl groups excluding tert-OH is 1. The van der Waals surface area contributed by atoms with Crippen molar-refractivity contribution >= 4 is 34.2 Å². The monoisotopic (exact) mass is 464 g/mol. The van der Waals surface area contributed by atoms with Gasteiger partial charge in [-0.2, -0.15) is 15.4 Å². The second-order valence-electron chi connectivity index (χ2n) is 8.78. The maximum Gasteiger partial charge on any atom is 0.244 e. The minimum atomic E-state index is -0.221. The van der Waals surface area contributed by atoms with Crippen LogP contribution in [0.15, 0.2) is 78.9 Å². The highest BCUT2D eigenvalue weighted by atomic mass is 16.3. The van der Waals surface area contributed by atoms with Gasteiger partial charge in [0, 0.05) is 12.6 Å². The first kappa shape index (κ1) is 22.7. The minimum Gasteiger partial charge on any atom is -0.395 e. The Morgan fingerprint density at radius 2 is 1.69 bits per heavy atom. The van der Waals surface area contributed by atoms with Gasteiger partial charge in [-0.25, -0.2) is 0 Å². The van der Waals surface area contributed by atoms with Gasteiger partial charge in [-0.3, -0.25) is 4.79 Å². The molecule has 4 aromatic rings. The number of aromatic nitrogens is 3. The first-order valence-corrected chi connectivity index (χ1v) is 12.0. The van der Waals surface area contributed by atoms with Crippen molar-refractivity contribution in [2.45, 2.75) is 19.3 Å². The largest absolute Gasteiger partial charge is 0.395 e.